The molecule has 3 aromatic heterocycles. The minimum absolute atomic E-state index is 0.128. The van der Waals surface area contributed by atoms with Crippen molar-refractivity contribution in [2.75, 3.05) is 13.1 Å². The Labute approximate surface area is 146 Å². The highest BCUT2D eigenvalue weighted by atomic mass is 19.3. The Kier molecular flexibility index (Phi) is 4.09. The van der Waals surface area contributed by atoms with E-state index in [2.05, 4.69) is 20.2 Å². The smallest absolute Gasteiger partial charge is 0.292 e. The average molecular weight is 362 g/mol. The first-order valence-electron chi connectivity index (χ1n) is 8.23. The van der Waals surface area contributed by atoms with E-state index < -0.39 is 6.43 Å². The lowest BCUT2D eigenvalue weighted by Crippen LogP contribution is -2.42. The molecule has 2 atom stereocenters. The standard InChI is InChI=1S/C16H16F2N6O2/c1-9-3-5-23(15(25)13-2-4-21-26-13)7-10(9)12-6-11(14(17)18)22-16-19-8-20-24(12)16/h2,4,6,8-10,14H,3,5,7H2,1H3/t9-,10-/m1/s1. The lowest BCUT2D eigenvalue weighted by Gasteiger charge is -2.36. The summed E-state index contributed by atoms with van der Waals surface area (Å²) in [6.07, 6.45) is 0.717. The third-order valence-corrected chi connectivity index (χ3v) is 4.80. The fourth-order valence-corrected chi connectivity index (χ4v) is 3.35. The first-order chi connectivity index (χ1) is 12.5. The highest BCUT2D eigenvalue weighted by Gasteiger charge is 2.34. The molecule has 0 N–H and O–H groups in total. The second kappa shape index (κ2) is 6.43. The average Bonchev–Trinajstić information content (AvgIpc) is 3.32. The van der Waals surface area contributed by atoms with Crippen LogP contribution < -0.4 is 0 Å². The Balaban J connectivity index is 1.70. The fourth-order valence-electron chi connectivity index (χ4n) is 3.35. The third-order valence-electron chi connectivity index (χ3n) is 4.80. The molecule has 0 aliphatic carbocycles. The molecule has 10 heteroatoms. The molecule has 0 unspecified atom stereocenters. The van der Waals surface area contributed by atoms with E-state index in [0.29, 0.717) is 18.8 Å². The van der Waals surface area contributed by atoms with E-state index in [0.717, 1.165) is 6.42 Å². The number of halogens is 2. The zero-order chi connectivity index (χ0) is 18.3. The number of amides is 1. The summed E-state index contributed by atoms with van der Waals surface area (Å²) in [5.74, 6) is 0.0164. The Morgan fingerprint density at radius 3 is 3.00 bits per heavy atom. The summed E-state index contributed by atoms with van der Waals surface area (Å²) in [4.78, 5) is 22.0. The predicted molar refractivity (Wildman–Crippen MR) is 84.7 cm³/mol. The van der Waals surface area contributed by atoms with Gasteiger partial charge in [-0.2, -0.15) is 10.1 Å². The van der Waals surface area contributed by atoms with Crippen molar-refractivity contribution in [2.45, 2.75) is 25.7 Å². The van der Waals surface area contributed by atoms with Gasteiger partial charge in [-0.25, -0.2) is 18.3 Å². The number of fused-ring (bicyclic) bond motifs is 1. The van der Waals surface area contributed by atoms with E-state index in [-0.39, 0.29) is 35.0 Å². The maximum Gasteiger partial charge on any atom is 0.292 e. The van der Waals surface area contributed by atoms with Crippen molar-refractivity contribution in [1.82, 2.24) is 29.6 Å². The van der Waals surface area contributed by atoms with Crippen molar-refractivity contribution in [1.29, 1.82) is 0 Å². The number of aromatic nitrogens is 5. The van der Waals surface area contributed by atoms with Crippen molar-refractivity contribution in [3.63, 3.8) is 0 Å². The molecule has 1 amide bonds. The second-order valence-corrected chi connectivity index (χ2v) is 6.38. The molecule has 8 nitrogen and oxygen atoms in total. The number of likely N-dealkylation sites (tertiary alicyclic amines) is 1. The summed E-state index contributed by atoms with van der Waals surface area (Å²) < 4.78 is 32.9. The van der Waals surface area contributed by atoms with E-state index in [1.807, 2.05) is 6.92 Å². The van der Waals surface area contributed by atoms with Gasteiger partial charge in [0.15, 0.2) is 0 Å². The largest absolute Gasteiger partial charge is 0.351 e. The number of carbonyl (C=O) groups is 1. The Bertz CT molecular complexity index is 926. The number of carbonyl (C=O) groups excluding carboxylic acids is 1. The minimum Gasteiger partial charge on any atom is -0.351 e. The number of hydrogen-bond acceptors (Lipinski definition) is 6. The van der Waals surface area contributed by atoms with Crippen LogP contribution in [0.3, 0.4) is 0 Å². The van der Waals surface area contributed by atoms with Crippen LogP contribution in [-0.2, 0) is 0 Å². The molecular formula is C16H16F2N6O2. The molecule has 0 radical (unpaired) electrons. The van der Waals surface area contributed by atoms with Gasteiger partial charge in [-0.05, 0) is 18.4 Å². The van der Waals surface area contributed by atoms with Crippen LogP contribution in [0.5, 0.6) is 0 Å². The molecule has 26 heavy (non-hydrogen) atoms. The number of piperidine rings is 1. The molecule has 4 rings (SSSR count). The molecule has 1 aliphatic heterocycles. The summed E-state index contributed by atoms with van der Waals surface area (Å²) in [6.45, 7) is 2.96. The topological polar surface area (TPSA) is 89.4 Å². The van der Waals surface area contributed by atoms with E-state index in [4.69, 9.17) is 4.52 Å². The lowest BCUT2D eigenvalue weighted by molar-refractivity contribution is 0.0624. The number of hydrogen-bond donors (Lipinski definition) is 0. The quantitative estimate of drug-likeness (QED) is 0.710. The SMILES string of the molecule is C[C@@H]1CCN(C(=O)c2ccno2)C[C@H]1c1cc(C(F)F)nc2ncnn12. The molecule has 0 bridgehead atoms. The molecule has 1 saturated heterocycles. The summed E-state index contributed by atoms with van der Waals surface area (Å²) in [6, 6.07) is 2.86. The van der Waals surface area contributed by atoms with E-state index in [1.165, 1.54) is 29.2 Å². The Morgan fingerprint density at radius 2 is 2.27 bits per heavy atom. The van der Waals surface area contributed by atoms with Gasteiger partial charge in [0.05, 0.1) is 11.9 Å². The first-order valence-corrected chi connectivity index (χ1v) is 8.23. The molecule has 0 aromatic carbocycles. The van der Waals surface area contributed by atoms with Crippen molar-refractivity contribution in [3.05, 3.63) is 41.8 Å². The molecular weight excluding hydrogens is 346 g/mol. The molecule has 136 valence electrons. The second-order valence-electron chi connectivity index (χ2n) is 6.38. The van der Waals surface area contributed by atoms with Gasteiger partial charge < -0.3 is 9.42 Å². The van der Waals surface area contributed by atoms with Gasteiger partial charge in [-0.15, -0.1) is 0 Å². The van der Waals surface area contributed by atoms with Gasteiger partial charge in [0.2, 0.25) is 5.76 Å². The zero-order valence-corrected chi connectivity index (χ0v) is 13.9. The van der Waals surface area contributed by atoms with E-state index in [1.54, 1.807) is 4.90 Å². The molecule has 0 spiro atoms. The van der Waals surface area contributed by atoms with Crippen LogP contribution in [0.2, 0.25) is 0 Å². The van der Waals surface area contributed by atoms with Crippen LogP contribution in [0.4, 0.5) is 8.78 Å². The van der Waals surface area contributed by atoms with Gasteiger partial charge in [-0.3, -0.25) is 4.79 Å². The monoisotopic (exact) mass is 362 g/mol. The predicted octanol–water partition coefficient (Wildman–Crippen LogP) is 2.32. The maximum absolute atomic E-state index is 13.2. The van der Waals surface area contributed by atoms with Crippen molar-refractivity contribution in [2.24, 2.45) is 5.92 Å². The van der Waals surface area contributed by atoms with E-state index in [9.17, 15) is 13.6 Å². The first kappa shape index (κ1) is 16.6. The Hall–Kier alpha value is -2.91. The Morgan fingerprint density at radius 1 is 1.42 bits per heavy atom. The van der Waals surface area contributed by atoms with Crippen molar-refractivity contribution >= 4 is 11.7 Å². The number of alkyl halides is 2. The summed E-state index contributed by atoms with van der Waals surface area (Å²) in [5.41, 5.74) is 0.233. The zero-order valence-electron chi connectivity index (χ0n) is 13.9. The minimum atomic E-state index is -2.71. The summed E-state index contributed by atoms with van der Waals surface area (Å²) >= 11 is 0. The van der Waals surface area contributed by atoms with Gasteiger partial charge in [0, 0.05) is 25.1 Å². The fraction of sp³-hybridized carbons (Fsp3) is 0.438. The number of rotatable bonds is 3. The highest BCUT2D eigenvalue weighted by molar-refractivity contribution is 5.91. The third kappa shape index (κ3) is 2.80. The lowest BCUT2D eigenvalue weighted by atomic mass is 9.84. The number of nitrogens with zero attached hydrogens (tertiary/aromatic N) is 6. The summed E-state index contributed by atoms with van der Waals surface area (Å²) in [7, 11) is 0. The molecule has 1 fully saturated rings. The molecule has 4 heterocycles. The van der Waals surface area contributed by atoms with Crippen LogP contribution in [0.15, 0.2) is 29.2 Å². The van der Waals surface area contributed by atoms with Crippen LogP contribution >= 0.6 is 0 Å². The maximum atomic E-state index is 13.2. The summed E-state index contributed by atoms with van der Waals surface area (Å²) in [5, 5.41) is 7.67. The molecule has 0 saturated carbocycles. The van der Waals surface area contributed by atoms with Crippen LogP contribution in [0, 0.1) is 5.92 Å². The molecule has 1 aliphatic rings. The van der Waals surface area contributed by atoms with Gasteiger partial charge in [-0.1, -0.05) is 12.1 Å². The highest BCUT2D eigenvalue weighted by Crippen LogP contribution is 2.34. The van der Waals surface area contributed by atoms with Gasteiger partial charge >= 0.3 is 0 Å². The van der Waals surface area contributed by atoms with Crippen LogP contribution in [0.1, 0.15) is 47.6 Å². The van der Waals surface area contributed by atoms with Crippen LogP contribution in [0.25, 0.3) is 5.78 Å². The molecule has 3 aromatic rings. The van der Waals surface area contributed by atoms with Crippen molar-refractivity contribution in [3.8, 4) is 0 Å². The van der Waals surface area contributed by atoms with Crippen molar-refractivity contribution < 1.29 is 18.1 Å². The van der Waals surface area contributed by atoms with Gasteiger partial charge in [0.25, 0.3) is 18.1 Å². The van der Waals surface area contributed by atoms with Crippen LogP contribution in [-0.4, -0.2) is 48.6 Å². The normalized spacial score (nSPS) is 20.8. The van der Waals surface area contributed by atoms with E-state index >= 15 is 0 Å². The van der Waals surface area contributed by atoms with Gasteiger partial charge in [0.1, 0.15) is 12.0 Å².